The molecule has 6 aliphatic rings. The van der Waals surface area contributed by atoms with Gasteiger partial charge in [-0.05, 0) is 241 Å². The van der Waals surface area contributed by atoms with Crippen LogP contribution in [0, 0.1) is 0 Å². The molecule has 21 aromatic rings. The van der Waals surface area contributed by atoms with Crippen molar-refractivity contribution in [2.75, 3.05) is 14.7 Å². The lowest BCUT2D eigenvalue weighted by atomic mass is 9.37. The maximum atomic E-state index is 2.49. The number of hydrogen-bond acceptors (Lipinski definition) is 3. The van der Waals surface area contributed by atoms with Crippen LogP contribution in [0.1, 0.15) is 0 Å². The monoisotopic (exact) mass is 1530 g/mol. The van der Waals surface area contributed by atoms with Crippen LogP contribution in [0.2, 0.25) is 0 Å². The summed E-state index contributed by atoms with van der Waals surface area (Å²) < 4.78 is 2.43. The first-order valence-electron chi connectivity index (χ1n) is 42.2. The van der Waals surface area contributed by atoms with E-state index in [1.807, 2.05) is 0 Å². The first-order valence-corrected chi connectivity index (χ1v) is 42.2. The van der Waals surface area contributed by atoms with Gasteiger partial charge in [-0.25, -0.2) is 0 Å². The molecule has 0 radical (unpaired) electrons. The van der Waals surface area contributed by atoms with Crippen molar-refractivity contribution in [1.82, 2.24) is 4.57 Å². The fourth-order valence-corrected chi connectivity index (χ4v) is 21.4. The molecule has 20 aromatic carbocycles. The van der Waals surface area contributed by atoms with Crippen LogP contribution >= 0.6 is 0 Å². The predicted octanol–water partition coefficient (Wildman–Crippen LogP) is 23.5. The summed E-state index contributed by atoms with van der Waals surface area (Å²) in [6.07, 6.45) is 0. The van der Waals surface area contributed by atoms with Crippen LogP contribution in [-0.2, 0) is 0 Å². The van der Waals surface area contributed by atoms with Gasteiger partial charge in [0.2, 0.25) is 20.1 Å². The number of hydrogen-bond donors (Lipinski definition) is 0. The molecule has 0 spiro atoms. The van der Waals surface area contributed by atoms with Gasteiger partial charge in [-0.2, -0.15) is 0 Å². The molecule has 121 heavy (non-hydrogen) atoms. The molecular weight excluding hydrogens is 1460 g/mol. The largest absolute Gasteiger partial charge is 0.311 e. The molecular formula is C114H73B3N4. The summed E-state index contributed by atoms with van der Waals surface area (Å²) in [5.41, 5.74) is 42.9. The Kier molecular flexibility index (Phi) is 15.7. The first-order chi connectivity index (χ1) is 60.1. The van der Waals surface area contributed by atoms with Gasteiger partial charge in [-0.1, -0.05) is 350 Å². The Morgan fingerprint density at radius 1 is 0.165 bits per heavy atom. The average Bonchev–Trinajstić information content (AvgIpc) is 1.56. The lowest BCUT2D eigenvalue weighted by Gasteiger charge is -2.36. The number of nitrogens with zero attached hydrogens (tertiary/aromatic N) is 4. The second-order valence-corrected chi connectivity index (χ2v) is 32.8. The zero-order chi connectivity index (χ0) is 79.3. The highest BCUT2D eigenvalue weighted by molar-refractivity contribution is 7.03. The molecule has 0 unspecified atom stereocenters. The van der Waals surface area contributed by atoms with Gasteiger partial charge in [0.1, 0.15) is 0 Å². The molecule has 558 valence electrons. The zero-order valence-electron chi connectivity index (χ0n) is 66.2. The molecule has 0 fully saturated rings. The molecule has 0 aliphatic carbocycles. The molecule has 6 aliphatic heterocycles. The van der Waals surface area contributed by atoms with Gasteiger partial charge in [-0.15, -0.1) is 0 Å². The van der Waals surface area contributed by atoms with Gasteiger partial charge in [0.05, 0.1) is 11.0 Å². The van der Waals surface area contributed by atoms with Crippen molar-refractivity contribution >= 4 is 175 Å². The highest BCUT2D eigenvalue weighted by atomic mass is 15.2. The van der Waals surface area contributed by atoms with Gasteiger partial charge < -0.3 is 19.3 Å². The van der Waals surface area contributed by atoms with E-state index in [4.69, 9.17) is 0 Å². The van der Waals surface area contributed by atoms with E-state index in [9.17, 15) is 0 Å². The van der Waals surface area contributed by atoms with Crippen molar-refractivity contribution in [3.63, 3.8) is 0 Å². The molecule has 0 atom stereocenters. The van der Waals surface area contributed by atoms with Gasteiger partial charge in [0.15, 0.2) is 0 Å². The van der Waals surface area contributed by atoms with Crippen LogP contribution in [0.3, 0.4) is 0 Å². The predicted molar refractivity (Wildman–Crippen MR) is 517 cm³/mol. The van der Waals surface area contributed by atoms with Crippen LogP contribution in [-0.4, -0.2) is 24.7 Å². The summed E-state index contributed by atoms with van der Waals surface area (Å²) in [5, 5.41) is 10.4. The fraction of sp³-hybridized carbons (Fsp3) is 0. The van der Waals surface area contributed by atoms with E-state index in [1.54, 1.807) is 0 Å². The Morgan fingerprint density at radius 3 is 1.23 bits per heavy atom. The van der Waals surface area contributed by atoms with Crippen molar-refractivity contribution in [1.29, 1.82) is 0 Å². The number of fused-ring (bicyclic) bond motifs is 23. The van der Waals surface area contributed by atoms with E-state index in [0.717, 1.165) is 0 Å². The van der Waals surface area contributed by atoms with Crippen LogP contribution in [0.25, 0.3) is 127 Å². The van der Waals surface area contributed by atoms with Crippen molar-refractivity contribution in [2.24, 2.45) is 0 Å². The third-order valence-electron chi connectivity index (χ3n) is 26.4. The van der Waals surface area contributed by atoms with E-state index in [2.05, 4.69) is 462 Å². The standard InChI is InChI=1S/C40H25BN2.C40H26BN.C34H22BN/c1-2-12-27(13-3-1)42-37-20-10-17-32-39-29-14-5-4-11-26(29)21-23-34(39)41(40(32)37)33-24-22-28(25-38(33)42)43-35-18-8-6-15-30(35)31-16-7-9-19-36(31)43;1-4-12-27(13-5-1)29-20-22-35-34(24-29)39-33-19-11-10-16-31(33)26-38-40(39)41(35)36-23-21-30(28-14-6-2-7-15-28)25-37(36)42(38)32-17-8-3-9-18-32;1-3-11-23(12-4-1)26-20-29-28-19-24-13-7-8-14-25(24)21-31(28)35-30-17-9-10-18-32(30)36(33(22-26)34(29)35)27-15-5-2-6-16-27/h1-25H;1-26H;1-22H. The smallest absolute Gasteiger partial charge is 0.248 e. The minimum atomic E-state index is 0.180. The summed E-state index contributed by atoms with van der Waals surface area (Å²) in [7, 11) is 0. The van der Waals surface area contributed by atoms with E-state index in [1.165, 1.54) is 227 Å². The van der Waals surface area contributed by atoms with Gasteiger partial charge in [-0.3, -0.25) is 0 Å². The maximum absolute atomic E-state index is 2.49. The topological polar surface area (TPSA) is 14.7 Å². The second-order valence-electron chi connectivity index (χ2n) is 32.8. The van der Waals surface area contributed by atoms with E-state index >= 15 is 0 Å². The summed E-state index contributed by atoms with van der Waals surface area (Å²) in [6, 6.07) is 163. The zero-order valence-corrected chi connectivity index (χ0v) is 66.2. The summed E-state index contributed by atoms with van der Waals surface area (Å²) in [5.74, 6) is 0. The van der Waals surface area contributed by atoms with Crippen LogP contribution in [0.15, 0.2) is 443 Å². The molecule has 0 saturated carbocycles. The highest BCUT2D eigenvalue weighted by Crippen LogP contribution is 2.49. The van der Waals surface area contributed by atoms with E-state index < -0.39 is 0 Å². The quantitative estimate of drug-likeness (QED) is 0.148. The Hall–Kier alpha value is -15.4. The van der Waals surface area contributed by atoms with Gasteiger partial charge >= 0.3 is 0 Å². The van der Waals surface area contributed by atoms with Crippen LogP contribution < -0.4 is 63.9 Å². The Labute approximate surface area is 704 Å². The highest BCUT2D eigenvalue weighted by Gasteiger charge is 2.47. The van der Waals surface area contributed by atoms with E-state index in [0.29, 0.717) is 0 Å². The third-order valence-corrected chi connectivity index (χ3v) is 26.4. The molecule has 27 rings (SSSR count). The van der Waals surface area contributed by atoms with Crippen LogP contribution in [0.5, 0.6) is 0 Å². The fourth-order valence-electron chi connectivity index (χ4n) is 21.4. The van der Waals surface area contributed by atoms with Gasteiger partial charge in [0.25, 0.3) is 0 Å². The first kappa shape index (κ1) is 68.8. The lowest BCUT2D eigenvalue weighted by molar-refractivity contribution is 1.17. The van der Waals surface area contributed by atoms with E-state index in [-0.39, 0.29) is 20.1 Å². The van der Waals surface area contributed by atoms with Gasteiger partial charge in [0, 0.05) is 67.6 Å². The molecule has 7 heteroatoms. The number of anilines is 9. The van der Waals surface area contributed by atoms with Crippen LogP contribution in [0.4, 0.5) is 51.2 Å². The molecule has 1 aromatic heterocycles. The normalized spacial score (nSPS) is 12.9. The molecule has 4 nitrogen and oxygen atoms in total. The Morgan fingerprint density at radius 2 is 0.587 bits per heavy atom. The minimum absolute atomic E-state index is 0.180. The average molecular weight is 1530 g/mol. The van der Waals surface area contributed by atoms with Crippen molar-refractivity contribution < 1.29 is 0 Å². The number of aromatic nitrogens is 1. The number of para-hydroxylation sites is 6. The second kappa shape index (κ2) is 27.6. The van der Waals surface area contributed by atoms with Crippen molar-refractivity contribution in [2.45, 2.75) is 0 Å². The lowest BCUT2D eigenvalue weighted by Crippen LogP contribution is -2.54. The minimum Gasteiger partial charge on any atom is -0.311 e. The number of benzene rings is 20. The van der Waals surface area contributed by atoms with Crippen molar-refractivity contribution in [3.8, 4) is 72.4 Å². The molecule has 0 amide bonds. The summed E-state index contributed by atoms with van der Waals surface area (Å²) in [4.78, 5) is 7.44. The molecule has 0 bridgehead atoms. The summed E-state index contributed by atoms with van der Waals surface area (Å²) in [6.45, 7) is 0.600. The summed E-state index contributed by atoms with van der Waals surface area (Å²) >= 11 is 0. The SMILES string of the molecule is c1ccc(-c2cc3c4c(c2)N(c2ccccc2)c2ccccc2B4c2cc4ccccc4cc2-3)cc1.c1ccc(-c2ccc3c(c2)-c2c4c(cc5ccccc25)N(c2ccccc2)c2cc(-c5ccccc5)ccc2B34)cc1.c1ccc(N2c3cc(-n4c5ccccc5c5ccccc54)ccc3B3c4ccc5ccccc5c4-c4cccc2c43)cc1. The maximum Gasteiger partial charge on any atom is 0.248 e. The van der Waals surface area contributed by atoms with Crippen molar-refractivity contribution in [3.05, 3.63) is 443 Å². The molecule has 0 saturated heterocycles. The third kappa shape index (κ3) is 10.7. The molecule has 0 N–H and O–H groups in total. The Balaban J connectivity index is 0.000000101. The number of rotatable bonds is 7. The molecule has 7 heterocycles. The Bertz CT molecular complexity index is 7750.